The van der Waals surface area contributed by atoms with Crippen LogP contribution in [0, 0.1) is 5.92 Å². The number of nitrogens with one attached hydrogen (secondary N) is 1. The van der Waals surface area contributed by atoms with Crippen molar-refractivity contribution in [2.45, 2.75) is 25.7 Å². The number of sulfonamides is 1. The number of nitrogens with zero attached hydrogens (tertiary/aromatic N) is 1. The molecule has 6 heteroatoms. The maximum atomic E-state index is 11.5. The van der Waals surface area contributed by atoms with Crippen LogP contribution in [0.25, 0.3) is 0 Å². The fraction of sp³-hybridized carbons (Fsp3) is 1.00. The van der Waals surface area contributed by atoms with Crippen molar-refractivity contribution in [1.82, 2.24) is 9.62 Å². The van der Waals surface area contributed by atoms with Gasteiger partial charge in [-0.2, -0.15) is 0 Å². The quantitative estimate of drug-likeness (QED) is 0.417. The van der Waals surface area contributed by atoms with Crippen molar-refractivity contribution >= 4 is 32.6 Å². The van der Waals surface area contributed by atoms with Gasteiger partial charge in [0.1, 0.15) is 0 Å². The average Bonchev–Trinajstić information content (AvgIpc) is 2.28. The number of rotatable bonds is 7. The van der Waals surface area contributed by atoms with Gasteiger partial charge in [0, 0.05) is 13.1 Å². The van der Waals surface area contributed by atoms with Crippen molar-refractivity contribution in [2.75, 3.05) is 36.9 Å². The molecular weight excluding hydrogens is 351 g/mol. The van der Waals surface area contributed by atoms with E-state index in [2.05, 4.69) is 27.9 Å². The summed E-state index contributed by atoms with van der Waals surface area (Å²) in [6, 6.07) is 0. The van der Waals surface area contributed by atoms with E-state index in [-0.39, 0.29) is 0 Å². The van der Waals surface area contributed by atoms with Crippen LogP contribution in [0.3, 0.4) is 0 Å². The van der Waals surface area contributed by atoms with Gasteiger partial charge in [0.15, 0.2) is 0 Å². The molecule has 17 heavy (non-hydrogen) atoms. The van der Waals surface area contributed by atoms with Crippen LogP contribution in [0.15, 0.2) is 0 Å². The zero-order chi connectivity index (χ0) is 12.7. The number of hydrogen-bond donors (Lipinski definition) is 1. The molecule has 1 N–H and O–H groups in total. The van der Waals surface area contributed by atoms with Crippen LogP contribution in [0.1, 0.15) is 25.7 Å². The first-order chi connectivity index (χ1) is 8.04. The van der Waals surface area contributed by atoms with E-state index in [9.17, 15) is 8.42 Å². The largest absolute Gasteiger partial charge is 0.316 e. The lowest BCUT2D eigenvalue weighted by Gasteiger charge is -2.31. The summed E-state index contributed by atoms with van der Waals surface area (Å²) in [4.78, 5) is 0. The van der Waals surface area contributed by atoms with Crippen molar-refractivity contribution < 1.29 is 8.42 Å². The lowest BCUT2D eigenvalue weighted by molar-refractivity contribution is 0.261. The van der Waals surface area contributed by atoms with Gasteiger partial charge in [-0.3, -0.25) is 0 Å². The van der Waals surface area contributed by atoms with Crippen molar-refractivity contribution in [3.63, 3.8) is 0 Å². The molecule has 4 nitrogen and oxygen atoms in total. The Morgan fingerprint density at radius 1 is 1.41 bits per heavy atom. The van der Waals surface area contributed by atoms with E-state index in [1.165, 1.54) is 23.5 Å². The fourth-order valence-electron chi connectivity index (χ4n) is 2.15. The first-order valence-electron chi connectivity index (χ1n) is 6.26. The van der Waals surface area contributed by atoms with Gasteiger partial charge in [0.2, 0.25) is 10.0 Å². The maximum absolute atomic E-state index is 11.5. The molecule has 1 unspecified atom stereocenters. The van der Waals surface area contributed by atoms with Crippen LogP contribution in [-0.4, -0.2) is 49.6 Å². The SMILES string of the molecule is CS(=O)(=O)N1CCCC(CNCCCCI)C1. The first-order valence-corrected chi connectivity index (χ1v) is 9.63. The normalized spacial score (nSPS) is 22.8. The predicted molar refractivity (Wildman–Crippen MR) is 80.1 cm³/mol. The molecule has 102 valence electrons. The summed E-state index contributed by atoms with van der Waals surface area (Å²) in [5.74, 6) is 0.484. The van der Waals surface area contributed by atoms with E-state index in [1.807, 2.05) is 0 Å². The van der Waals surface area contributed by atoms with Gasteiger partial charge in [-0.05, 0) is 49.1 Å². The van der Waals surface area contributed by atoms with Gasteiger partial charge < -0.3 is 5.32 Å². The highest BCUT2D eigenvalue weighted by Gasteiger charge is 2.25. The maximum Gasteiger partial charge on any atom is 0.211 e. The topological polar surface area (TPSA) is 49.4 Å². The Bertz CT molecular complexity index is 309. The van der Waals surface area contributed by atoms with Gasteiger partial charge in [-0.1, -0.05) is 22.6 Å². The molecule has 0 aromatic carbocycles. The smallest absolute Gasteiger partial charge is 0.211 e. The minimum atomic E-state index is -2.99. The van der Waals surface area contributed by atoms with Crippen LogP contribution in [0.2, 0.25) is 0 Å². The molecule has 1 heterocycles. The zero-order valence-electron chi connectivity index (χ0n) is 10.5. The number of unbranched alkanes of at least 4 members (excludes halogenated alkanes) is 1. The Hall–Kier alpha value is 0.600. The highest BCUT2D eigenvalue weighted by atomic mass is 127. The first kappa shape index (κ1) is 15.7. The summed E-state index contributed by atoms with van der Waals surface area (Å²) >= 11 is 2.39. The van der Waals surface area contributed by atoms with E-state index < -0.39 is 10.0 Å². The summed E-state index contributed by atoms with van der Waals surface area (Å²) in [5.41, 5.74) is 0. The van der Waals surface area contributed by atoms with Crippen LogP contribution in [0.4, 0.5) is 0 Å². The minimum Gasteiger partial charge on any atom is -0.316 e. The Balaban J connectivity index is 2.21. The van der Waals surface area contributed by atoms with Crippen LogP contribution >= 0.6 is 22.6 Å². The number of alkyl halides is 1. The molecular formula is C11H23IN2O2S. The second-order valence-electron chi connectivity index (χ2n) is 4.73. The van der Waals surface area contributed by atoms with Crippen molar-refractivity contribution in [2.24, 2.45) is 5.92 Å². The average molecular weight is 374 g/mol. The van der Waals surface area contributed by atoms with Crippen molar-refractivity contribution in [3.8, 4) is 0 Å². The highest BCUT2D eigenvalue weighted by molar-refractivity contribution is 14.1. The van der Waals surface area contributed by atoms with E-state index >= 15 is 0 Å². The molecule has 0 spiro atoms. The van der Waals surface area contributed by atoms with Gasteiger partial charge >= 0.3 is 0 Å². The van der Waals surface area contributed by atoms with Gasteiger partial charge in [0.25, 0.3) is 0 Å². The molecule has 0 amide bonds. The summed E-state index contributed by atoms with van der Waals surface area (Å²) < 4.78 is 25.7. The van der Waals surface area contributed by atoms with E-state index in [1.54, 1.807) is 4.31 Å². The van der Waals surface area contributed by atoms with Crippen LogP contribution in [0.5, 0.6) is 0 Å². The summed E-state index contributed by atoms with van der Waals surface area (Å²) in [6.07, 6.45) is 5.92. The summed E-state index contributed by atoms with van der Waals surface area (Å²) in [5, 5.41) is 3.44. The lowest BCUT2D eigenvalue weighted by atomic mass is 10.00. The third kappa shape index (κ3) is 6.35. The summed E-state index contributed by atoms with van der Waals surface area (Å²) in [7, 11) is -2.99. The predicted octanol–water partition coefficient (Wildman–Crippen LogP) is 1.46. The monoisotopic (exact) mass is 374 g/mol. The molecule has 0 aromatic rings. The molecule has 1 aliphatic heterocycles. The Labute approximate surface area is 119 Å². The van der Waals surface area contributed by atoms with Crippen LogP contribution in [-0.2, 0) is 10.0 Å². The zero-order valence-corrected chi connectivity index (χ0v) is 13.5. The molecule has 0 saturated carbocycles. The molecule has 1 aliphatic rings. The molecule has 0 bridgehead atoms. The minimum absolute atomic E-state index is 0.484. The van der Waals surface area contributed by atoms with Gasteiger partial charge in [-0.25, -0.2) is 12.7 Å². The lowest BCUT2D eigenvalue weighted by Crippen LogP contribution is -2.42. The fourth-order valence-corrected chi connectivity index (χ4v) is 3.63. The Morgan fingerprint density at radius 3 is 2.82 bits per heavy atom. The second-order valence-corrected chi connectivity index (χ2v) is 7.79. The third-order valence-electron chi connectivity index (χ3n) is 3.12. The number of hydrogen-bond acceptors (Lipinski definition) is 3. The van der Waals surface area contributed by atoms with Crippen LogP contribution < -0.4 is 5.32 Å². The van der Waals surface area contributed by atoms with E-state index in [4.69, 9.17) is 0 Å². The molecule has 0 radical (unpaired) electrons. The van der Waals surface area contributed by atoms with E-state index in [0.29, 0.717) is 19.0 Å². The summed E-state index contributed by atoms with van der Waals surface area (Å²) in [6.45, 7) is 3.40. The highest BCUT2D eigenvalue weighted by Crippen LogP contribution is 2.17. The van der Waals surface area contributed by atoms with Crippen molar-refractivity contribution in [1.29, 1.82) is 0 Å². The Morgan fingerprint density at radius 2 is 2.18 bits per heavy atom. The Kier molecular flexibility index (Phi) is 7.28. The molecule has 1 rings (SSSR count). The van der Waals surface area contributed by atoms with Crippen molar-refractivity contribution in [3.05, 3.63) is 0 Å². The molecule has 1 fully saturated rings. The van der Waals surface area contributed by atoms with Gasteiger partial charge in [0.05, 0.1) is 6.26 Å². The molecule has 1 saturated heterocycles. The number of halogens is 1. The number of piperidine rings is 1. The second kappa shape index (κ2) is 7.91. The third-order valence-corrected chi connectivity index (χ3v) is 5.15. The molecule has 1 atom stereocenters. The van der Waals surface area contributed by atoms with E-state index in [0.717, 1.165) is 25.9 Å². The molecule has 0 aliphatic carbocycles. The standard InChI is InChI=1S/C11H23IN2O2S/c1-17(15,16)14-8-4-5-11(10-14)9-13-7-3-2-6-12/h11,13H,2-10H2,1H3. The molecule has 0 aromatic heterocycles. The van der Waals surface area contributed by atoms with Gasteiger partial charge in [-0.15, -0.1) is 0 Å².